The minimum atomic E-state index is -1.04. The quantitative estimate of drug-likeness (QED) is 0.116. The molecule has 0 aliphatic rings. The molecule has 1 rings (SSSR count). The number of carbonyl (C=O) groups excluding carboxylic acids is 1. The molecule has 0 bridgehead atoms. The molecule has 188 valence electrons. The van der Waals surface area contributed by atoms with Crippen LogP contribution in [0.3, 0.4) is 0 Å². The number of carbonyl (C=O) groups is 2. The Hall–Kier alpha value is -1.56. The molecule has 6 heteroatoms. The molecule has 0 aromatic heterocycles. The SMILES string of the molecule is CCc1cc(NCCCCCCCCCCCCCCCCBr)ccc1C(=O)NCC(=O)O. The number of hydrogen-bond donors (Lipinski definition) is 3. The van der Waals surface area contributed by atoms with Crippen molar-refractivity contribution < 1.29 is 14.7 Å². The fourth-order valence-corrected chi connectivity index (χ4v) is 4.44. The van der Waals surface area contributed by atoms with Gasteiger partial charge in [-0.25, -0.2) is 0 Å². The molecule has 1 amide bonds. The maximum Gasteiger partial charge on any atom is 0.322 e. The summed E-state index contributed by atoms with van der Waals surface area (Å²) in [5, 5.41) is 15.8. The summed E-state index contributed by atoms with van der Waals surface area (Å²) in [6, 6.07) is 5.68. The molecule has 0 radical (unpaired) electrons. The van der Waals surface area contributed by atoms with Crippen LogP contribution in [0.25, 0.3) is 0 Å². The van der Waals surface area contributed by atoms with Crippen molar-refractivity contribution in [1.82, 2.24) is 5.32 Å². The van der Waals surface area contributed by atoms with E-state index in [-0.39, 0.29) is 12.5 Å². The minimum Gasteiger partial charge on any atom is -0.480 e. The van der Waals surface area contributed by atoms with E-state index in [4.69, 9.17) is 5.11 Å². The second-order valence-corrected chi connectivity index (χ2v) is 9.66. The highest BCUT2D eigenvalue weighted by atomic mass is 79.9. The van der Waals surface area contributed by atoms with Crippen molar-refractivity contribution in [3.8, 4) is 0 Å². The summed E-state index contributed by atoms with van der Waals surface area (Å²) < 4.78 is 0. The van der Waals surface area contributed by atoms with Gasteiger partial charge in [-0.1, -0.05) is 99.9 Å². The normalized spacial score (nSPS) is 10.8. The molecule has 5 nitrogen and oxygen atoms in total. The van der Waals surface area contributed by atoms with Gasteiger partial charge in [0.2, 0.25) is 0 Å². The van der Waals surface area contributed by atoms with Crippen LogP contribution in [0, 0.1) is 0 Å². The number of benzene rings is 1. The minimum absolute atomic E-state index is 0.332. The number of aryl methyl sites for hydroxylation is 1. The molecule has 0 spiro atoms. The number of anilines is 1. The van der Waals surface area contributed by atoms with Crippen LogP contribution in [0.1, 0.15) is 113 Å². The molecular formula is C27H45BrN2O3. The van der Waals surface area contributed by atoms with Crippen LogP contribution in [0.15, 0.2) is 18.2 Å². The van der Waals surface area contributed by atoms with Gasteiger partial charge in [-0.2, -0.15) is 0 Å². The Morgan fingerprint density at radius 3 is 1.82 bits per heavy atom. The Morgan fingerprint density at radius 1 is 0.818 bits per heavy atom. The van der Waals surface area contributed by atoms with Gasteiger partial charge in [-0.05, 0) is 43.0 Å². The monoisotopic (exact) mass is 524 g/mol. The largest absolute Gasteiger partial charge is 0.480 e. The molecular weight excluding hydrogens is 480 g/mol. The van der Waals surface area contributed by atoms with Gasteiger partial charge in [0.1, 0.15) is 6.54 Å². The van der Waals surface area contributed by atoms with E-state index in [0.29, 0.717) is 5.56 Å². The first kappa shape index (κ1) is 29.5. The summed E-state index contributed by atoms with van der Waals surface area (Å²) in [6.45, 7) is 2.57. The Labute approximate surface area is 209 Å². The standard InChI is InChI=1S/C27H45BrN2O3/c1-2-23-21-24(17-18-25(23)27(33)30-22-26(31)32)29-20-16-14-12-10-8-6-4-3-5-7-9-11-13-15-19-28/h17-18,21,29H,2-16,19-20,22H2,1H3,(H,30,33)(H,31,32). The lowest BCUT2D eigenvalue weighted by Gasteiger charge is -2.12. The number of nitrogens with one attached hydrogen (secondary N) is 2. The summed E-state index contributed by atoms with van der Waals surface area (Å²) >= 11 is 3.49. The van der Waals surface area contributed by atoms with Crippen LogP contribution in [0.4, 0.5) is 5.69 Å². The van der Waals surface area contributed by atoms with Crippen LogP contribution in [-0.2, 0) is 11.2 Å². The zero-order chi connectivity index (χ0) is 24.2. The van der Waals surface area contributed by atoms with Crippen molar-refractivity contribution in [2.24, 2.45) is 0 Å². The molecule has 3 N–H and O–H groups in total. The van der Waals surface area contributed by atoms with Gasteiger partial charge < -0.3 is 15.7 Å². The summed E-state index contributed by atoms with van der Waals surface area (Å²) in [5.74, 6) is -1.37. The number of unbranched alkanes of at least 4 members (excludes halogenated alkanes) is 13. The molecule has 0 aliphatic carbocycles. The van der Waals surface area contributed by atoms with Gasteiger partial charge >= 0.3 is 5.97 Å². The zero-order valence-corrected chi connectivity index (χ0v) is 22.2. The topological polar surface area (TPSA) is 78.4 Å². The zero-order valence-electron chi connectivity index (χ0n) is 20.6. The van der Waals surface area contributed by atoms with Gasteiger partial charge in [-0.3, -0.25) is 9.59 Å². The average Bonchev–Trinajstić information content (AvgIpc) is 2.82. The van der Waals surface area contributed by atoms with E-state index in [0.717, 1.165) is 36.0 Å². The number of hydrogen-bond acceptors (Lipinski definition) is 3. The Morgan fingerprint density at radius 2 is 1.33 bits per heavy atom. The van der Waals surface area contributed by atoms with Crippen LogP contribution >= 0.6 is 15.9 Å². The van der Waals surface area contributed by atoms with Crippen LogP contribution in [0.5, 0.6) is 0 Å². The molecule has 0 heterocycles. The van der Waals surface area contributed by atoms with Gasteiger partial charge in [0.25, 0.3) is 5.91 Å². The molecule has 0 fully saturated rings. The smallest absolute Gasteiger partial charge is 0.322 e. The molecule has 1 aromatic carbocycles. The number of amides is 1. The second kappa shape index (κ2) is 19.9. The highest BCUT2D eigenvalue weighted by molar-refractivity contribution is 9.09. The fourth-order valence-electron chi connectivity index (χ4n) is 4.04. The van der Waals surface area contributed by atoms with Gasteiger partial charge in [0, 0.05) is 23.1 Å². The van der Waals surface area contributed by atoms with Gasteiger partial charge in [0.15, 0.2) is 0 Å². The van der Waals surface area contributed by atoms with Crippen molar-refractivity contribution in [3.63, 3.8) is 0 Å². The fraction of sp³-hybridized carbons (Fsp3) is 0.704. The summed E-state index contributed by atoms with van der Waals surface area (Å²) in [5.41, 5.74) is 2.50. The first-order chi connectivity index (χ1) is 16.1. The molecule has 0 unspecified atom stereocenters. The summed E-state index contributed by atoms with van der Waals surface area (Å²) in [4.78, 5) is 22.8. The summed E-state index contributed by atoms with van der Waals surface area (Å²) in [7, 11) is 0. The van der Waals surface area contributed by atoms with Crippen LogP contribution < -0.4 is 10.6 Å². The maximum absolute atomic E-state index is 12.2. The van der Waals surface area contributed by atoms with E-state index in [1.165, 1.54) is 83.5 Å². The van der Waals surface area contributed by atoms with Crippen molar-refractivity contribution in [2.75, 3.05) is 23.7 Å². The van der Waals surface area contributed by atoms with E-state index in [1.807, 2.05) is 19.1 Å². The van der Waals surface area contributed by atoms with E-state index in [1.54, 1.807) is 6.07 Å². The van der Waals surface area contributed by atoms with Gasteiger partial charge in [0.05, 0.1) is 0 Å². The van der Waals surface area contributed by atoms with Crippen LogP contribution in [-0.4, -0.2) is 35.4 Å². The second-order valence-electron chi connectivity index (χ2n) is 8.87. The first-order valence-corrected chi connectivity index (χ1v) is 14.1. The van der Waals surface area contributed by atoms with Crippen molar-refractivity contribution in [1.29, 1.82) is 0 Å². The number of aliphatic carboxylic acids is 1. The first-order valence-electron chi connectivity index (χ1n) is 13.0. The predicted octanol–water partition coefficient (Wildman–Crippen LogP) is 7.33. The van der Waals surface area contributed by atoms with E-state index in [9.17, 15) is 9.59 Å². The average molecular weight is 526 g/mol. The molecule has 0 aliphatic heterocycles. The number of alkyl halides is 1. The van der Waals surface area contributed by atoms with E-state index in [2.05, 4.69) is 26.6 Å². The third-order valence-corrected chi connectivity index (χ3v) is 6.58. The molecule has 1 aromatic rings. The highest BCUT2D eigenvalue weighted by Gasteiger charge is 2.12. The number of carboxylic acids is 1. The molecule has 33 heavy (non-hydrogen) atoms. The maximum atomic E-state index is 12.2. The number of carboxylic acid groups (broad SMARTS) is 1. The third kappa shape index (κ3) is 15.1. The van der Waals surface area contributed by atoms with Crippen LogP contribution in [0.2, 0.25) is 0 Å². The molecule has 0 atom stereocenters. The van der Waals surface area contributed by atoms with E-state index < -0.39 is 5.97 Å². The molecule has 0 saturated heterocycles. The molecule has 0 saturated carbocycles. The Kier molecular flexibility index (Phi) is 17.7. The Balaban J connectivity index is 2.05. The lowest BCUT2D eigenvalue weighted by Crippen LogP contribution is -2.29. The third-order valence-electron chi connectivity index (χ3n) is 6.02. The highest BCUT2D eigenvalue weighted by Crippen LogP contribution is 2.18. The van der Waals surface area contributed by atoms with Crippen molar-refractivity contribution in [2.45, 2.75) is 103 Å². The van der Waals surface area contributed by atoms with E-state index >= 15 is 0 Å². The summed E-state index contributed by atoms with van der Waals surface area (Å²) in [6.07, 6.45) is 19.6. The Bertz CT molecular complexity index is 667. The lowest BCUT2D eigenvalue weighted by atomic mass is 10.0. The van der Waals surface area contributed by atoms with Gasteiger partial charge in [-0.15, -0.1) is 0 Å². The van der Waals surface area contributed by atoms with Crippen molar-refractivity contribution in [3.05, 3.63) is 29.3 Å². The predicted molar refractivity (Wildman–Crippen MR) is 143 cm³/mol. The number of rotatable bonds is 21. The lowest BCUT2D eigenvalue weighted by molar-refractivity contribution is -0.135. The number of halogens is 1. The van der Waals surface area contributed by atoms with Crippen molar-refractivity contribution >= 4 is 33.5 Å².